The van der Waals surface area contributed by atoms with E-state index in [2.05, 4.69) is 0 Å². The van der Waals surface area contributed by atoms with E-state index < -0.39 is 17.8 Å². The molecule has 1 aliphatic carbocycles. The summed E-state index contributed by atoms with van der Waals surface area (Å²) in [6.45, 7) is 1.77. The van der Waals surface area contributed by atoms with E-state index in [1.165, 1.54) is 19.2 Å². The Balaban J connectivity index is 1.78. The van der Waals surface area contributed by atoms with Gasteiger partial charge in [0.1, 0.15) is 11.7 Å². The van der Waals surface area contributed by atoms with Crippen LogP contribution in [0.3, 0.4) is 0 Å². The number of ether oxygens (including phenoxy) is 3. The molecule has 0 spiro atoms. The van der Waals surface area contributed by atoms with Gasteiger partial charge in [-0.2, -0.15) is 0 Å². The summed E-state index contributed by atoms with van der Waals surface area (Å²) in [6.07, 6.45) is 0.813. The molecule has 0 aromatic heterocycles. The van der Waals surface area contributed by atoms with Gasteiger partial charge in [0.15, 0.2) is 17.3 Å². The summed E-state index contributed by atoms with van der Waals surface area (Å²) in [7, 11) is 4.46. The fourth-order valence-electron chi connectivity index (χ4n) is 4.86. The second kappa shape index (κ2) is 9.17. The number of carbonyl (C=O) groups excluding carboxylic acids is 2. The first-order valence-corrected chi connectivity index (χ1v) is 10.7. The van der Waals surface area contributed by atoms with Crippen LogP contribution in [0, 0.1) is 11.7 Å². The molecule has 0 radical (unpaired) electrons. The SMILES string of the molecule is COC(=O)C1C(C)=NC2=C(C(=O)C[C@H](c3ccc(OC)c(OC)c3)C2)[C@@H]1c1ccc(F)cc1. The maximum Gasteiger partial charge on any atom is 0.315 e. The van der Waals surface area contributed by atoms with Gasteiger partial charge in [-0.1, -0.05) is 18.2 Å². The van der Waals surface area contributed by atoms with Crippen LogP contribution in [0.5, 0.6) is 11.5 Å². The lowest BCUT2D eigenvalue weighted by Gasteiger charge is -2.36. The van der Waals surface area contributed by atoms with Gasteiger partial charge >= 0.3 is 5.97 Å². The van der Waals surface area contributed by atoms with Crippen LogP contribution in [0.25, 0.3) is 0 Å². The predicted molar refractivity (Wildman–Crippen MR) is 121 cm³/mol. The Labute approximate surface area is 192 Å². The minimum atomic E-state index is -0.735. The number of ketones is 1. The molecule has 0 fully saturated rings. The van der Waals surface area contributed by atoms with Crippen molar-refractivity contribution in [3.05, 3.63) is 70.7 Å². The van der Waals surface area contributed by atoms with Crippen LogP contribution in [0.2, 0.25) is 0 Å². The molecule has 2 aromatic carbocycles. The summed E-state index contributed by atoms with van der Waals surface area (Å²) in [5.74, 6) is -1.09. The standard InChI is InChI=1S/C26H26FNO5/c1-14-23(26(30)33-4)24(15-5-8-18(27)9-6-15)25-19(28-14)11-17(12-20(25)29)16-7-10-21(31-2)22(13-16)32-3/h5-10,13,17,23-24H,11-12H2,1-4H3/t17-,23?,24-/m1/s1. The number of aliphatic imine (C=N–C) groups is 1. The quantitative estimate of drug-likeness (QED) is 0.622. The van der Waals surface area contributed by atoms with E-state index in [9.17, 15) is 14.0 Å². The number of nitrogens with zero attached hydrogens (tertiary/aromatic N) is 1. The number of benzene rings is 2. The Morgan fingerprint density at radius 3 is 2.27 bits per heavy atom. The number of hydrogen-bond acceptors (Lipinski definition) is 6. The highest BCUT2D eigenvalue weighted by molar-refractivity contribution is 6.09. The third kappa shape index (κ3) is 4.15. The van der Waals surface area contributed by atoms with E-state index in [1.807, 2.05) is 18.2 Å². The van der Waals surface area contributed by atoms with Gasteiger partial charge in [0.25, 0.3) is 0 Å². The fraction of sp³-hybridized carbons (Fsp3) is 0.346. The number of Topliss-reactive ketones (excluding diaryl/α,β-unsaturated/α-hetero) is 1. The van der Waals surface area contributed by atoms with Gasteiger partial charge in [0.05, 0.1) is 21.3 Å². The molecular weight excluding hydrogens is 425 g/mol. The third-order valence-corrected chi connectivity index (χ3v) is 6.45. The summed E-state index contributed by atoms with van der Waals surface area (Å²) >= 11 is 0. The van der Waals surface area contributed by atoms with Gasteiger partial charge in [0, 0.05) is 29.3 Å². The molecule has 0 bridgehead atoms. The molecule has 1 heterocycles. The molecular formula is C26H26FNO5. The molecule has 7 heteroatoms. The molecule has 0 saturated heterocycles. The maximum atomic E-state index is 13.6. The van der Waals surface area contributed by atoms with Gasteiger partial charge in [-0.15, -0.1) is 0 Å². The van der Waals surface area contributed by atoms with Crippen LogP contribution in [0.15, 0.2) is 58.7 Å². The largest absolute Gasteiger partial charge is 0.493 e. The van der Waals surface area contributed by atoms with E-state index in [4.69, 9.17) is 19.2 Å². The van der Waals surface area contributed by atoms with Crippen molar-refractivity contribution in [2.24, 2.45) is 10.9 Å². The molecule has 1 aliphatic heterocycles. The summed E-state index contributed by atoms with van der Waals surface area (Å²) < 4.78 is 29.4. The number of methoxy groups -OCH3 is 3. The zero-order valence-electron chi connectivity index (χ0n) is 19.1. The molecule has 2 aliphatic rings. The Morgan fingerprint density at radius 2 is 1.64 bits per heavy atom. The number of allylic oxidation sites excluding steroid dienone is 2. The van der Waals surface area contributed by atoms with Crippen molar-refractivity contribution in [3.8, 4) is 11.5 Å². The summed E-state index contributed by atoms with van der Waals surface area (Å²) in [5, 5.41) is 0. The topological polar surface area (TPSA) is 74.2 Å². The average molecular weight is 451 g/mol. The van der Waals surface area contributed by atoms with Crippen molar-refractivity contribution in [2.45, 2.75) is 31.6 Å². The molecule has 33 heavy (non-hydrogen) atoms. The number of carbonyl (C=O) groups is 2. The van der Waals surface area contributed by atoms with Gasteiger partial charge in [-0.3, -0.25) is 14.6 Å². The van der Waals surface area contributed by atoms with E-state index in [0.29, 0.717) is 40.5 Å². The Kier molecular flexibility index (Phi) is 6.31. The highest BCUT2D eigenvalue weighted by Crippen LogP contribution is 2.47. The summed E-state index contributed by atoms with van der Waals surface area (Å²) in [4.78, 5) is 30.9. The van der Waals surface area contributed by atoms with Gasteiger partial charge in [0.2, 0.25) is 0 Å². The fourth-order valence-corrected chi connectivity index (χ4v) is 4.86. The van der Waals surface area contributed by atoms with Gasteiger partial charge in [-0.25, -0.2) is 4.39 Å². The second-order valence-electron chi connectivity index (χ2n) is 8.29. The first-order chi connectivity index (χ1) is 15.9. The highest BCUT2D eigenvalue weighted by atomic mass is 19.1. The van der Waals surface area contributed by atoms with Gasteiger partial charge in [-0.05, 0) is 54.7 Å². The third-order valence-electron chi connectivity index (χ3n) is 6.45. The number of rotatable bonds is 5. The van der Waals surface area contributed by atoms with Crippen molar-refractivity contribution in [1.82, 2.24) is 0 Å². The van der Waals surface area contributed by atoms with Crippen LogP contribution in [-0.2, 0) is 14.3 Å². The van der Waals surface area contributed by atoms with Crippen LogP contribution in [0.1, 0.15) is 42.7 Å². The Bertz CT molecular complexity index is 1150. The first kappa shape index (κ1) is 22.7. The highest BCUT2D eigenvalue weighted by Gasteiger charge is 2.44. The monoisotopic (exact) mass is 451 g/mol. The van der Waals surface area contributed by atoms with Crippen LogP contribution >= 0.6 is 0 Å². The van der Waals surface area contributed by atoms with Crippen molar-refractivity contribution in [2.75, 3.05) is 21.3 Å². The van der Waals surface area contributed by atoms with Crippen molar-refractivity contribution in [3.63, 3.8) is 0 Å². The van der Waals surface area contributed by atoms with Crippen molar-refractivity contribution < 1.29 is 28.2 Å². The Morgan fingerprint density at radius 1 is 0.970 bits per heavy atom. The first-order valence-electron chi connectivity index (χ1n) is 10.7. The van der Waals surface area contributed by atoms with Crippen LogP contribution < -0.4 is 9.47 Å². The lowest BCUT2D eigenvalue weighted by atomic mass is 9.69. The molecule has 172 valence electrons. The van der Waals surface area contributed by atoms with E-state index in [0.717, 1.165) is 5.56 Å². The van der Waals surface area contributed by atoms with Gasteiger partial charge < -0.3 is 14.2 Å². The van der Waals surface area contributed by atoms with Crippen molar-refractivity contribution >= 4 is 17.5 Å². The number of esters is 1. The molecule has 0 N–H and O–H groups in total. The number of hydrogen-bond donors (Lipinski definition) is 0. The van der Waals surface area contributed by atoms with E-state index in [-0.39, 0.29) is 23.9 Å². The lowest BCUT2D eigenvalue weighted by Crippen LogP contribution is -2.37. The molecule has 0 amide bonds. The van der Waals surface area contributed by atoms with E-state index in [1.54, 1.807) is 33.3 Å². The molecule has 3 atom stereocenters. The minimum absolute atomic E-state index is 0.0736. The normalized spacial score (nSPS) is 22.4. The molecule has 2 aromatic rings. The second-order valence-corrected chi connectivity index (χ2v) is 8.29. The zero-order chi connectivity index (χ0) is 23.7. The number of halogens is 1. The Hall–Kier alpha value is -3.48. The molecule has 0 saturated carbocycles. The minimum Gasteiger partial charge on any atom is -0.493 e. The predicted octanol–water partition coefficient (Wildman–Crippen LogP) is 4.59. The van der Waals surface area contributed by atoms with Crippen LogP contribution in [-0.4, -0.2) is 38.8 Å². The smallest absolute Gasteiger partial charge is 0.315 e. The average Bonchev–Trinajstić information content (AvgIpc) is 2.82. The summed E-state index contributed by atoms with van der Waals surface area (Å²) in [6, 6.07) is 11.6. The van der Waals surface area contributed by atoms with E-state index >= 15 is 0 Å². The van der Waals surface area contributed by atoms with Crippen molar-refractivity contribution in [1.29, 1.82) is 0 Å². The molecule has 6 nitrogen and oxygen atoms in total. The lowest BCUT2D eigenvalue weighted by molar-refractivity contribution is -0.143. The summed E-state index contributed by atoms with van der Waals surface area (Å²) in [5.41, 5.74) is 3.40. The molecule has 1 unspecified atom stereocenters. The van der Waals surface area contributed by atoms with Crippen LogP contribution in [0.4, 0.5) is 4.39 Å². The zero-order valence-corrected chi connectivity index (χ0v) is 19.1. The maximum absolute atomic E-state index is 13.6. The molecule has 4 rings (SSSR count).